The number of carboxylic acid groups (broad SMARTS) is 1. The Morgan fingerprint density at radius 2 is 2.14 bits per heavy atom. The number of hydrogen-bond donors (Lipinski definition) is 1. The summed E-state index contributed by atoms with van der Waals surface area (Å²) in [5, 5.41) is 9.65. The van der Waals surface area contributed by atoms with E-state index in [1.807, 2.05) is 0 Å². The summed E-state index contributed by atoms with van der Waals surface area (Å²) in [6.45, 7) is 0.909. The largest absolute Gasteiger partial charge is 0.481 e. The molecule has 0 aromatic rings. The summed E-state index contributed by atoms with van der Waals surface area (Å²) in [7, 11) is 0. The molecule has 1 heterocycles. The number of aliphatic carboxylic acids is 1. The quantitative estimate of drug-likeness (QED) is 0.641. The van der Waals surface area contributed by atoms with Gasteiger partial charge in [-0.25, -0.2) is 0 Å². The second kappa shape index (κ2) is 4.13. The zero-order valence-corrected chi connectivity index (χ0v) is 12.4. The Morgan fingerprint density at radius 1 is 1.29 bits per heavy atom. The Kier molecular flexibility index (Phi) is 2.49. The predicted octanol–water partition coefficient (Wildman–Crippen LogP) is 3.10. The summed E-state index contributed by atoms with van der Waals surface area (Å²) in [4.78, 5) is 11.7. The first-order chi connectivity index (χ1) is 10.2. The summed E-state index contributed by atoms with van der Waals surface area (Å²) in [6.07, 6.45) is 12.1. The molecule has 4 bridgehead atoms. The monoisotopic (exact) mass is 288 g/mol. The highest BCUT2D eigenvalue weighted by molar-refractivity contribution is 5.71. The van der Waals surface area contributed by atoms with E-state index in [1.54, 1.807) is 0 Å². The predicted molar refractivity (Wildman–Crippen MR) is 77.6 cm³/mol. The van der Waals surface area contributed by atoms with E-state index in [9.17, 15) is 9.90 Å². The highest BCUT2D eigenvalue weighted by Gasteiger charge is 2.69. The second-order valence-corrected chi connectivity index (χ2v) is 8.27. The van der Waals surface area contributed by atoms with Crippen molar-refractivity contribution in [1.29, 1.82) is 0 Å². The van der Waals surface area contributed by atoms with Crippen LogP contribution in [0.5, 0.6) is 0 Å². The average molecular weight is 288 g/mol. The van der Waals surface area contributed by atoms with Gasteiger partial charge in [0.05, 0.1) is 12.0 Å². The first kappa shape index (κ1) is 12.7. The van der Waals surface area contributed by atoms with E-state index >= 15 is 0 Å². The number of allylic oxidation sites excluding steroid dienone is 2. The van der Waals surface area contributed by atoms with Crippen LogP contribution in [0.4, 0.5) is 0 Å². The van der Waals surface area contributed by atoms with Crippen molar-refractivity contribution in [2.75, 3.05) is 6.61 Å². The molecule has 0 spiro atoms. The van der Waals surface area contributed by atoms with E-state index in [0.717, 1.165) is 37.7 Å². The zero-order valence-electron chi connectivity index (χ0n) is 12.4. The maximum atomic E-state index is 11.7. The smallest absolute Gasteiger partial charge is 0.306 e. The Hall–Kier alpha value is -0.830. The molecule has 3 saturated carbocycles. The minimum absolute atomic E-state index is 0.0830. The molecule has 21 heavy (non-hydrogen) atoms. The van der Waals surface area contributed by atoms with Crippen molar-refractivity contribution >= 4 is 5.97 Å². The number of ether oxygens (including phenoxy) is 1. The van der Waals surface area contributed by atoms with Gasteiger partial charge in [0, 0.05) is 6.61 Å². The number of fused-ring (bicyclic) bond motifs is 9. The number of carboxylic acids is 1. The van der Waals surface area contributed by atoms with Crippen LogP contribution in [0.2, 0.25) is 0 Å². The number of hydrogen-bond acceptors (Lipinski definition) is 2. The molecule has 0 aromatic carbocycles. The first-order valence-electron chi connectivity index (χ1n) is 8.71. The minimum Gasteiger partial charge on any atom is -0.481 e. The van der Waals surface area contributed by atoms with Gasteiger partial charge in [-0.05, 0) is 73.5 Å². The molecule has 8 unspecified atom stereocenters. The van der Waals surface area contributed by atoms with Crippen molar-refractivity contribution < 1.29 is 14.6 Å². The average Bonchev–Trinajstić information content (AvgIpc) is 3.24. The van der Waals surface area contributed by atoms with Crippen molar-refractivity contribution in [2.45, 2.75) is 44.6 Å². The Labute approximate surface area is 125 Å². The van der Waals surface area contributed by atoms with E-state index in [4.69, 9.17) is 4.74 Å². The topological polar surface area (TPSA) is 46.5 Å². The third-order valence-corrected chi connectivity index (χ3v) is 7.48. The van der Waals surface area contributed by atoms with Crippen LogP contribution in [0.3, 0.4) is 0 Å². The van der Waals surface area contributed by atoms with Crippen LogP contribution in [0.15, 0.2) is 12.2 Å². The van der Waals surface area contributed by atoms with Gasteiger partial charge < -0.3 is 9.84 Å². The fourth-order valence-corrected chi connectivity index (χ4v) is 7.10. The molecular formula is C18H24O3. The van der Waals surface area contributed by atoms with Crippen molar-refractivity contribution in [3.8, 4) is 0 Å². The van der Waals surface area contributed by atoms with Crippen LogP contribution in [0, 0.1) is 40.9 Å². The number of rotatable bonds is 3. The molecule has 5 aliphatic rings. The second-order valence-electron chi connectivity index (χ2n) is 8.27. The highest BCUT2D eigenvalue weighted by atomic mass is 16.5. The molecule has 1 aliphatic heterocycles. The summed E-state index contributed by atoms with van der Waals surface area (Å²) in [5.74, 6) is 2.65. The first-order valence-corrected chi connectivity index (χ1v) is 8.71. The Bertz CT molecular complexity index is 507. The molecule has 3 nitrogen and oxygen atoms in total. The lowest BCUT2D eigenvalue weighted by atomic mass is 9.61. The number of carbonyl (C=O) groups is 1. The van der Waals surface area contributed by atoms with Gasteiger partial charge in [-0.15, -0.1) is 0 Å². The lowest BCUT2D eigenvalue weighted by Gasteiger charge is -2.43. The minimum atomic E-state index is -0.542. The fourth-order valence-electron chi connectivity index (χ4n) is 7.10. The van der Waals surface area contributed by atoms with Crippen molar-refractivity contribution in [3.63, 3.8) is 0 Å². The van der Waals surface area contributed by atoms with Crippen molar-refractivity contribution in [3.05, 3.63) is 12.2 Å². The van der Waals surface area contributed by atoms with Crippen molar-refractivity contribution in [2.24, 2.45) is 40.9 Å². The third kappa shape index (κ3) is 1.56. The summed E-state index contributed by atoms with van der Waals surface area (Å²) in [6, 6.07) is 0. The molecule has 0 radical (unpaired) electrons. The normalized spacial score (nSPS) is 56.3. The molecule has 3 heteroatoms. The maximum absolute atomic E-state index is 11.7. The van der Waals surface area contributed by atoms with Gasteiger partial charge in [0.25, 0.3) is 0 Å². The van der Waals surface area contributed by atoms with Crippen LogP contribution in [0.1, 0.15) is 38.5 Å². The molecule has 1 saturated heterocycles. The SMILES string of the molecule is O=C(O)C1CC2(CC3CCCO3)CC1C1C3C=CC(C3)C12. The van der Waals surface area contributed by atoms with E-state index < -0.39 is 5.97 Å². The van der Waals surface area contributed by atoms with Gasteiger partial charge in [-0.3, -0.25) is 4.79 Å². The van der Waals surface area contributed by atoms with Crippen LogP contribution >= 0.6 is 0 Å². The van der Waals surface area contributed by atoms with Gasteiger partial charge in [0.1, 0.15) is 0 Å². The summed E-state index contributed by atoms with van der Waals surface area (Å²) < 4.78 is 5.92. The summed E-state index contributed by atoms with van der Waals surface area (Å²) in [5.41, 5.74) is 0.275. The lowest BCUT2D eigenvalue weighted by molar-refractivity contribution is -0.146. The van der Waals surface area contributed by atoms with Gasteiger partial charge >= 0.3 is 5.97 Å². The van der Waals surface area contributed by atoms with Gasteiger partial charge in [0.15, 0.2) is 0 Å². The highest BCUT2D eigenvalue weighted by Crippen LogP contribution is 2.73. The molecule has 114 valence electrons. The fraction of sp³-hybridized carbons (Fsp3) is 0.833. The summed E-state index contributed by atoms with van der Waals surface area (Å²) >= 11 is 0. The Morgan fingerprint density at radius 3 is 2.90 bits per heavy atom. The molecule has 4 aliphatic carbocycles. The lowest BCUT2D eigenvalue weighted by Crippen LogP contribution is -2.40. The van der Waals surface area contributed by atoms with E-state index in [2.05, 4.69) is 12.2 Å². The molecular weight excluding hydrogens is 264 g/mol. The standard InChI is InChI=1S/C18H24O3/c19-17(20)14-9-18(7-12-2-1-5-21-12)8-13(14)15-10-3-4-11(6-10)16(15)18/h3-4,10-16H,1-2,5-9H2,(H,19,20). The third-order valence-electron chi connectivity index (χ3n) is 7.48. The van der Waals surface area contributed by atoms with Crippen LogP contribution in [-0.2, 0) is 9.53 Å². The molecule has 8 atom stereocenters. The van der Waals surface area contributed by atoms with Crippen LogP contribution in [0.25, 0.3) is 0 Å². The molecule has 0 aromatic heterocycles. The zero-order chi connectivity index (χ0) is 14.2. The van der Waals surface area contributed by atoms with Gasteiger partial charge in [-0.2, -0.15) is 0 Å². The van der Waals surface area contributed by atoms with Crippen molar-refractivity contribution in [1.82, 2.24) is 0 Å². The van der Waals surface area contributed by atoms with E-state index in [0.29, 0.717) is 23.9 Å². The van der Waals surface area contributed by atoms with E-state index in [-0.39, 0.29) is 11.3 Å². The van der Waals surface area contributed by atoms with E-state index in [1.165, 1.54) is 19.3 Å². The molecule has 5 rings (SSSR count). The molecule has 0 amide bonds. The van der Waals surface area contributed by atoms with Crippen LogP contribution in [-0.4, -0.2) is 23.8 Å². The molecule has 1 N–H and O–H groups in total. The van der Waals surface area contributed by atoms with Gasteiger partial charge in [-0.1, -0.05) is 12.2 Å². The Balaban J connectivity index is 1.50. The van der Waals surface area contributed by atoms with Crippen LogP contribution < -0.4 is 0 Å². The van der Waals surface area contributed by atoms with Gasteiger partial charge in [0.2, 0.25) is 0 Å². The molecule has 4 fully saturated rings. The maximum Gasteiger partial charge on any atom is 0.306 e.